The van der Waals surface area contributed by atoms with Gasteiger partial charge in [-0.3, -0.25) is 4.79 Å². The zero-order chi connectivity index (χ0) is 17.5. The summed E-state index contributed by atoms with van der Waals surface area (Å²) < 4.78 is 7.09. The lowest BCUT2D eigenvalue weighted by Crippen LogP contribution is -2.27. The van der Waals surface area contributed by atoms with Gasteiger partial charge in [-0.1, -0.05) is 29.3 Å². The molecule has 1 amide bonds. The van der Waals surface area contributed by atoms with Gasteiger partial charge in [0.05, 0.1) is 5.02 Å². The molecule has 1 heterocycles. The number of rotatable bonds is 8. The topological polar surface area (TPSA) is 59.4 Å². The van der Waals surface area contributed by atoms with Crippen LogP contribution in [0.4, 0.5) is 0 Å². The normalized spacial score (nSPS) is 10.9. The molecule has 2 rings (SSSR count). The van der Waals surface area contributed by atoms with Gasteiger partial charge in [0.2, 0.25) is 0 Å². The molecule has 0 bridgehead atoms. The van der Waals surface area contributed by atoms with Gasteiger partial charge >= 0.3 is 0 Å². The van der Waals surface area contributed by atoms with Crippen LogP contribution in [0, 0.1) is 0 Å². The second-order valence-corrected chi connectivity index (χ2v) is 6.26. The van der Waals surface area contributed by atoms with Crippen LogP contribution in [0.3, 0.4) is 0 Å². The molecule has 1 aromatic carbocycles. The molecule has 6 nitrogen and oxygen atoms in total. The van der Waals surface area contributed by atoms with Gasteiger partial charge in [0.1, 0.15) is 16.5 Å². The Labute approximate surface area is 151 Å². The predicted molar refractivity (Wildman–Crippen MR) is 94.8 cm³/mol. The van der Waals surface area contributed by atoms with E-state index in [9.17, 15) is 4.79 Å². The Morgan fingerprint density at radius 2 is 2.12 bits per heavy atom. The average molecular weight is 371 g/mol. The monoisotopic (exact) mass is 370 g/mol. The lowest BCUT2D eigenvalue weighted by atomic mass is 10.3. The van der Waals surface area contributed by atoms with Crippen LogP contribution in [0.25, 0.3) is 0 Å². The number of nitrogens with zero attached hydrogens (tertiary/aromatic N) is 3. The first-order valence-electron chi connectivity index (χ1n) is 7.50. The largest absolute Gasteiger partial charge is 0.470 e. The van der Waals surface area contributed by atoms with E-state index in [1.54, 1.807) is 30.5 Å². The van der Waals surface area contributed by atoms with Gasteiger partial charge < -0.3 is 15.0 Å². The Bertz CT molecular complexity index is 688. The minimum absolute atomic E-state index is 0.133. The highest BCUT2D eigenvalue weighted by atomic mass is 35.5. The maximum absolute atomic E-state index is 12.0. The van der Waals surface area contributed by atoms with Crippen molar-refractivity contribution in [2.75, 3.05) is 27.2 Å². The number of hydrogen-bond donors (Lipinski definition) is 1. The molecular weight excluding hydrogens is 351 g/mol. The molecule has 0 atom stereocenters. The molecule has 0 unspecified atom stereocenters. The molecule has 8 heteroatoms. The number of ether oxygens (including phenoxy) is 1. The molecule has 0 fully saturated rings. The first kappa shape index (κ1) is 18.6. The summed E-state index contributed by atoms with van der Waals surface area (Å²) >= 11 is 12.0. The summed E-state index contributed by atoms with van der Waals surface area (Å²) in [7, 11) is 3.99. The summed E-state index contributed by atoms with van der Waals surface area (Å²) in [5, 5.41) is 7.80. The third kappa shape index (κ3) is 5.40. The van der Waals surface area contributed by atoms with E-state index in [0.717, 1.165) is 13.0 Å². The Morgan fingerprint density at radius 1 is 1.33 bits per heavy atom. The van der Waals surface area contributed by atoms with Gasteiger partial charge in [-0.25, -0.2) is 4.68 Å². The third-order valence-electron chi connectivity index (χ3n) is 3.21. The van der Waals surface area contributed by atoms with Gasteiger partial charge in [0, 0.05) is 12.7 Å². The molecule has 0 saturated heterocycles. The van der Waals surface area contributed by atoms with E-state index in [-0.39, 0.29) is 12.6 Å². The maximum Gasteiger partial charge on any atom is 0.271 e. The van der Waals surface area contributed by atoms with Crippen molar-refractivity contribution in [3.05, 3.63) is 46.2 Å². The Balaban J connectivity index is 1.84. The van der Waals surface area contributed by atoms with E-state index >= 15 is 0 Å². The summed E-state index contributed by atoms with van der Waals surface area (Å²) in [6.45, 7) is 1.66. The van der Waals surface area contributed by atoms with Crippen LogP contribution >= 0.6 is 23.2 Å². The minimum atomic E-state index is -0.201. The average Bonchev–Trinajstić information content (AvgIpc) is 3.01. The second-order valence-electron chi connectivity index (χ2n) is 5.48. The highest BCUT2D eigenvalue weighted by Gasteiger charge is 2.10. The number of halogens is 2. The number of benzene rings is 1. The molecule has 130 valence electrons. The van der Waals surface area contributed by atoms with Crippen LogP contribution in [0.5, 0.6) is 5.75 Å². The summed E-state index contributed by atoms with van der Waals surface area (Å²) in [6.07, 6.45) is 2.56. The fourth-order valence-corrected chi connectivity index (χ4v) is 2.32. The minimum Gasteiger partial charge on any atom is -0.470 e. The van der Waals surface area contributed by atoms with E-state index in [1.165, 1.54) is 4.68 Å². The van der Waals surface area contributed by atoms with Crippen molar-refractivity contribution in [3.63, 3.8) is 0 Å². The van der Waals surface area contributed by atoms with Crippen LogP contribution < -0.4 is 10.1 Å². The van der Waals surface area contributed by atoms with Crippen molar-refractivity contribution in [1.29, 1.82) is 0 Å². The molecule has 24 heavy (non-hydrogen) atoms. The van der Waals surface area contributed by atoms with Crippen LogP contribution in [0.2, 0.25) is 10.0 Å². The summed E-state index contributed by atoms with van der Waals surface area (Å²) in [5.41, 5.74) is 0.348. The van der Waals surface area contributed by atoms with E-state index in [0.29, 0.717) is 28.0 Å². The Kier molecular flexibility index (Phi) is 6.90. The van der Waals surface area contributed by atoms with Crippen LogP contribution in [-0.4, -0.2) is 47.8 Å². The Hall–Kier alpha value is -1.76. The number of carbonyl (C=O) groups is 1. The molecule has 0 spiro atoms. The van der Waals surface area contributed by atoms with Gasteiger partial charge in [-0.05, 0) is 45.3 Å². The molecule has 0 radical (unpaired) electrons. The lowest BCUT2D eigenvalue weighted by molar-refractivity contribution is 0.0945. The smallest absolute Gasteiger partial charge is 0.271 e. The summed E-state index contributed by atoms with van der Waals surface area (Å²) in [5.74, 6) is 0.266. The van der Waals surface area contributed by atoms with Crippen LogP contribution in [0.1, 0.15) is 16.9 Å². The summed E-state index contributed by atoms with van der Waals surface area (Å²) in [4.78, 5) is 14.1. The van der Waals surface area contributed by atoms with Crippen molar-refractivity contribution in [2.24, 2.45) is 0 Å². The van der Waals surface area contributed by atoms with E-state index in [2.05, 4.69) is 15.3 Å². The van der Waals surface area contributed by atoms with Crippen molar-refractivity contribution < 1.29 is 9.53 Å². The predicted octanol–water partition coefficient (Wildman–Crippen LogP) is 2.91. The van der Waals surface area contributed by atoms with Crippen molar-refractivity contribution in [1.82, 2.24) is 20.0 Å². The van der Waals surface area contributed by atoms with E-state index in [4.69, 9.17) is 27.9 Å². The first-order valence-corrected chi connectivity index (χ1v) is 8.26. The standard InChI is InChI=1S/C16H20Cl2N4O2/c1-21(2)9-4-8-19-16(23)13-7-10-22(20-13)11-24-14-6-3-5-12(17)15(14)18/h3,5-7,10H,4,8-9,11H2,1-2H3,(H,19,23). The number of aromatic nitrogens is 2. The molecule has 1 N–H and O–H groups in total. The SMILES string of the molecule is CN(C)CCCNC(=O)c1ccn(COc2cccc(Cl)c2Cl)n1. The maximum atomic E-state index is 12.0. The fourth-order valence-electron chi connectivity index (χ4n) is 1.97. The molecular formula is C16H20Cl2N4O2. The van der Waals surface area contributed by atoms with Crippen molar-refractivity contribution >= 4 is 29.1 Å². The number of amides is 1. The van der Waals surface area contributed by atoms with E-state index < -0.39 is 0 Å². The number of nitrogens with one attached hydrogen (secondary N) is 1. The lowest BCUT2D eigenvalue weighted by Gasteiger charge is -2.09. The molecule has 1 aromatic heterocycles. The molecule has 0 aliphatic rings. The number of hydrogen-bond acceptors (Lipinski definition) is 4. The quantitative estimate of drug-likeness (QED) is 0.725. The highest BCUT2D eigenvalue weighted by Crippen LogP contribution is 2.31. The molecule has 0 saturated carbocycles. The van der Waals surface area contributed by atoms with Crippen molar-refractivity contribution in [3.8, 4) is 5.75 Å². The zero-order valence-electron chi connectivity index (χ0n) is 13.6. The van der Waals surface area contributed by atoms with Gasteiger partial charge in [0.25, 0.3) is 5.91 Å². The second kappa shape index (κ2) is 8.92. The number of carbonyl (C=O) groups excluding carboxylic acids is 1. The first-order chi connectivity index (χ1) is 11.5. The molecule has 2 aromatic rings. The van der Waals surface area contributed by atoms with Gasteiger partial charge in [-0.2, -0.15) is 5.10 Å². The van der Waals surface area contributed by atoms with Gasteiger partial charge in [-0.15, -0.1) is 0 Å². The van der Waals surface area contributed by atoms with Crippen molar-refractivity contribution in [2.45, 2.75) is 13.2 Å². The molecule has 0 aliphatic heterocycles. The Morgan fingerprint density at radius 3 is 2.88 bits per heavy atom. The van der Waals surface area contributed by atoms with Crippen LogP contribution in [0.15, 0.2) is 30.5 Å². The van der Waals surface area contributed by atoms with Gasteiger partial charge in [0.15, 0.2) is 6.73 Å². The third-order valence-corrected chi connectivity index (χ3v) is 4.01. The molecule has 0 aliphatic carbocycles. The fraction of sp³-hybridized carbons (Fsp3) is 0.375. The zero-order valence-corrected chi connectivity index (χ0v) is 15.1. The highest BCUT2D eigenvalue weighted by molar-refractivity contribution is 6.42. The van der Waals surface area contributed by atoms with Crippen LogP contribution in [-0.2, 0) is 6.73 Å². The summed E-state index contributed by atoms with van der Waals surface area (Å²) in [6, 6.07) is 6.79. The van der Waals surface area contributed by atoms with E-state index in [1.807, 2.05) is 14.1 Å².